The van der Waals surface area contributed by atoms with Gasteiger partial charge in [-0.2, -0.15) is 0 Å². The van der Waals surface area contributed by atoms with Gasteiger partial charge in [-0.15, -0.1) is 0 Å². The maximum atomic E-state index is 11.8. The van der Waals surface area contributed by atoms with E-state index in [1.165, 1.54) is 0 Å². The van der Waals surface area contributed by atoms with Gasteiger partial charge in [0.1, 0.15) is 11.5 Å². The minimum atomic E-state index is 0.0375. The van der Waals surface area contributed by atoms with Crippen molar-refractivity contribution >= 4 is 5.78 Å². The van der Waals surface area contributed by atoms with Crippen LogP contribution in [0.25, 0.3) is 0 Å². The van der Waals surface area contributed by atoms with Crippen LogP contribution in [0.1, 0.15) is 28.8 Å². The minimum Gasteiger partial charge on any atom is -0.469 e. The topological polar surface area (TPSA) is 43.4 Å². The minimum absolute atomic E-state index is 0.0375. The maximum absolute atomic E-state index is 11.8. The monoisotopic (exact) mass is 204 g/mol. The van der Waals surface area contributed by atoms with Crippen LogP contribution in [0.4, 0.5) is 0 Å². The second-order valence-electron chi connectivity index (χ2n) is 3.29. The summed E-state index contributed by atoms with van der Waals surface area (Å²) < 4.78 is 10.3. The molecular formula is C12H12O3. The summed E-state index contributed by atoms with van der Waals surface area (Å²) in [5.74, 6) is 1.46. The standard InChI is InChI=1S/C12H12O3/c1-2-12-10(5-7-15-12)11(13)8-9-4-3-6-14-9/h3-7H,2,8H2,1H3. The van der Waals surface area contributed by atoms with Crippen LogP contribution < -0.4 is 0 Å². The quantitative estimate of drug-likeness (QED) is 0.719. The van der Waals surface area contributed by atoms with E-state index in [-0.39, 0.29) is 5.78 Å². The van der Waals surface area contributed by atoms with Crippen molar-refractivity contribution in [3.8, 4) is 0 Å². The third-order valence-corrected chi connectivity index (χ3v) is 2.28. The zero-order valence-electron chi connectivity index (χ0n) is 8.53. The van der Waals surface area contributed by atoms with E-state index in [4.69, 9.17) is 8.83 Å². The van der Waals surface area contributed by atoms with Crippen molar-refractivity contribution in [3.05, 3.63) is 47.8 Å². The van der Waals surface area contributed by atoms with Crippen molar-refractivity contribution in [2.24, 2.45) is 0 Å². The maximum Gasteiger partial charge on any atom is 0.173 e. The Morgan fingerprint density at radius 1 is 1.27 bits per heavy atom. The number of ketones is 1. The lowest BCUT2D eigenvalue weighted by Crippen LogP contribution is -2.03. The Balaban J connectivity index is 2.15. The lowest BCUT2D eigenvalue weighted by atomic mass is 10.1. The number of carbonyl (C=O) groups excluding carboxylic acids is 1. The van der Waals surface area contributed by atoms with Crippen LogP contribution in [-0.4, -0.2) is 5.78 Å². The molecule has 0 aromatic carbocycles. The molecule has 0 N–H and O–H groups in total. The summed E-state index contributed by atoms with van der Waals surface area (Å²) in [6.07, 6.45) is 4.14. The van der Waals surface area contributed by atoms with Gasteiger partial charge in [0.05, 0.1) is 24.5 Å². The molecule has 0 fully saturated rings. The smallest absolute Gasteiger partial charge is 0.173 e. The van der Waals surface area contributed by atoms with E-state index in [0.29, 0.717) is 17.7 Å². The molecule has 0 spiro atoms. The van der Waals surface area contributed by atoms with Gasteiger partial charge >= 0.3 is 0 Å². The molecule has 2 aromatic heterocycles. The van der Waals surface area contributed by atoms with Crippen LogP contribution >= 0.6 is 0 Å². The second kappa shape index (κ2) is 4.17. The molecule has 0 unspecified atom stereocenters. The van der Waals surface area contributed by atoms with Gasteiger partial charge in [0.25, 0.3) is 0 Å². The van der Waals surface area contributed by atoms with Gasteiger partial charge in [-0.1, -0.05) is 6.92 Å². The van der Waals surface area contributed by atoms with E-state index < -0.39 is 0 Å². The van der Waals surface area contributed by atoms with E-state index in [2.05, 4.69) is 0 Å². The first-order chi connectivity index (χ1) is 7.31. The Morgan fingerprint density at radius 2 is 2.13 bits per heavy atom. The van der Waals surface area contributed by atoms with E-state index in [1.54, 1.807) is 30.7 Å². The molecule has 0 aliphatic carbocycles. The molecule has 0 bridgehead atoms. The van der Waals surface area contributed by atoms with E-state index in [9.17, 15) is 4.79 Å². The molecule has 0 amide bonds. The van der Waals surface area contributed by atoms with Crippen molar-refractivity contribution in [2.45, 2.75) is 19.8 Å². The highest BCUT2D eigenvalue weighted by atomic mass is 16.3. The SMILES string of the molecule is CCc1occc1C(=O)Cc1ccco1. The third kappa shape index (κ3) is 2.01. The normalized spacial score (nSPS) is 10.5. The van der Waals surface area contributed by atoms with Crippen LogP contribution in [0, 0.1) is 0 Å². The zero-order valence-corrected chi connectivity index (χ0v) is 8.53. The summed E-state index contributed by atoms with van der Waals surface area (Å²) in [5, 5.41) is 0. The highest BCUT2D eigenvalue weighted by Gasteiger charge is 2.14. The van der Waals surface area contributed by atoms with Crippen LogP contribution in [0.5, 0.6) is 0 Å². The molecule has 15 heavy (non-hydrogen) atoms. The molecule has 0 aliphatic rings. The highest BCUT2D eigenvalue weighted by Crippen LogP contribution is 2.14. The predicted molar refractivity (Wildman–Crippen MR) is 54.8 cm³/mol. The van der Waals surface area contributed by atoms with Crippen LogP contribution in [0.3, 0.4) is 0 Å². The number of carbonyl (C=O) groups is 1. The van der Waals surface area contributed by atoms with Gasteiger partial charge in [-0.3, -0.25) is 4.79 Å². The molecule has 0 radical (unpaired) electrons. The molecule has 0 saturated heterocycles. The lowest BCUT2D eigenvalue weighted by Gasteiger charge is -1.97. The fourth-order valence-electron chi connectivity index (χ4n) is 1.53. The number of furan rings is 2. The Labute approximate surface area is 87.7 Å². The second-order valence-corrected chi connectivity index (χ2v) is 3.29. The van der Waals surface area contributed by atoms with Crippen molar-refractivity contribution in [1.82, 2.24) is 0 Å². The van der Waals surface area contributed by atoms with Crippen LogP contribution in [-0.2, 0) is 12.8 Å². The van der Waals surface area contributed by atoms with Gasteiger partial charge in [-0.05, 0) is 18.2 Å². The van der Waals surface area contributed by atoms with E-state index >= 15 is 0 Å². The first-order valence-electron chi connectivity index (χ1n) is 4.93. The number of hydrogen-bond donors (Lipinski definition) is 0. The van der Waals surface area contributed by atoms with Gasteiger partial charge in [0.15, 0.2) is 5.78 Å². The summed E-state index contributed by atoms with van der Waals surface area (Å²) in [6.45, 7) is 1.96. The number of Topliss-reactive ketones (excluding diaryl/α,β-unsaturated/α-hetero) is 1. The van der Waals surface area contributed by atoms with Gasteiger partial charge < -0.3 is 8.83 Å². The summed E-state index contributed by atoms with van der Waals surface area (Å²) in [5.41, 5.74) is 0.661. The molecule has 3 heteroatoms. The average molecular weight is 204 g/mol. The molecule has 0 aliphatic heterocycles. The number of hydrogen-bond acceptors (Lipinski definition) is 3. The summed E-state index contributed by atoms with van der Waals surface area (Å²) >= 11 is 0. The Morgan fingerprint density at radius 3 is 2.80 bits per heavy atom. The molecule has 2 heterocycles. The summed E-state index contributed by atoms with van der Waals surface area (Å²) in [4.78, 5) is 11.8. The number of aryl methyl sites for hydroxylation is 1. The van der Waals surface area contributed by atoms with Crippen molar-refractivity contribution in [2.75, 3.05) is 0 Å². The summed E-state index contributed by atoms with van der Waals surface area (Å²) in [7, 11) is 0. The van der Waals surface area contributed by atoms with Crippen LogP contribution in [0.2, 0.25) is 0 Å². The first-order valence-corrected chi connectivity index (χ1v) is 4.93. The van der Waals surface area contributed by atoms with Crippen LogP contribution in [0.15, 0.2) is 39.6 Å². The number of rotatable bonds is 4. The van der Waals surface area contributed by atoms with Gasteiger partial charge in [0, 0.05) is 6.42 Å². The van der Waals surface area contributed by atoms with Gasteiger partial charge in [-0.25, -0.2) is 0 Å². The summed E-state index contributed by atoms with van der Waals surface area (Å²) in [6, 6.07) is 5.28. The molecule has 0 atom stereocenters. The van der Waals surface area contributed by atoms with E-state index in [0.717, 1.165) is 12.2 Å². The van der Waals surface area contributed by atoms with Crippen molar-refractivity contribution in [3.63, 3.8) is 0 Å². The molecule has 3 nitrogen and oxygen atoms in total. The molecule has 0 saturated carbocycles. The third-order valence-electron chi connectivity index (χ3n) is 2.28. The van der Waals surface area contributed by atoms with E-state index in [1.807, 2.05) is 6.92 Å². The average Bonchev–Trinajstić information content (AvgIpc) is 2.86. The van der Waals surface area contributed by atoms with Crippen molar-refractivity contribution < 1.29 is 13.6 Å². The Hall–Kier alpha value is -1.77. The molecular weight excluding hydrogens is 192 g/mol. The Kier molecular flexibility index (Phi) is 2.72. The fraction of sp³-hybridized carbons (Fsp3) is 0.250. The first kappa shape index (κ1) is 9.77. The zero-order chi connectivity index (χ0) is 10.7. The van der Waals surface area contributed by atoms with Crippen molar-refractivity contribution in [1.29, 1.82) is 0 Å². The fourth-order valence-corrected chi connectivity index (χ4v) is 1.53. The highest BCUT2D eigenvalue weighted by molar-refractivity contribution is 5.98. The molecule has 2 rings (SSSR count). The molecule has 78 valence electrons. The molecule has 2 aromatic rings. The predicted octanol–water partition coefficient (Wildman–Crippen LogP) is 2.86. The van der Waals surface area contributed by atoms with Gasteiger partial charge in [0.2, 0.25) is 0 Å². The lowest BCUT2D eigenvalue weighted by molar-refractivity contribution is 0.0985. The Bertz CT molecular complexity index is 437. The largest absolute Gasteiger partial charge is 0.469 e.